The van der Waals surface area contributed by atoms with Crippen molar-refractivity contribution in [3.05, 3.63) is 90.0 Å². The third-order valence-electron chi connectivity index (χ3n) is 4.66. The van der Waals surface area contributed by atoms with E-state index in [1.54, 1.807) is 13.0 Å². The first-order valence-electron chi connectivity index (χ1n) is 10.2. The topological polar surface area (TPSA) is 70.8 Å². The van der Waals surface area contributed by atoms with Gasteiger partial charge >= 0.3 is 12.0 Å². The molecule has 0 aliphatic rings. The van der Waals surface area contributed by atoms with Gasteiger partial charge in [0.1, 0.15) is 17.9 Å². The highest BCUT2D eigenvalue weighted by Crippen LogP contribution is 2.22. The first-order chi connectivity index (χ1) is 15.2. The summed E-state index contributed by atoms with van der Waals surface area (Å²) in [5.41, 5.74) is 3.27. The molecule has 0 bridgehead atoms. The third kappa shape index (κ3) is 5.42. The first kappa shape index (κ1) is 20.5. The Hall–Kier alpha value is -3.80. The summed E-state index contributed by atoms with van der Waals surface area (Å²) in [5.74, 6) is 0.286. The number of nitrogens with zero attached hydrogens (tertiary/aromatic N) is 1. The zero-order valence-electron chi connectivity index (χ0n) is 17.2. The number of benzene rings is 3. The molecule has 1 unspecified atom stereocenters. The summed E-state index contributed by atoms with van der Waals surface area (Å²) in [5, 5.41) is 0. The van der Waals surface area contributed by atoms with Crippen LogP contribution in [0.2, 0.25) is 0 Å². The van der Waals surface area contributed by atoms with Gasteiger partial charge in [0.15, 0.2) is 5.58 Å². The lowest BCUT2D eigenvalue weighted by atomic mass is 10.1. The van der Waals surface area contributed by atoms with Crippen LogP contribution >= 0.6 is 0 Å². The standard InChI is InChI=1S/C25H23NO5/c1-2-28-24(27)23(31-25-26-21-10-6-7-11-22(21)30-25)16-18-12-14-20(15-13-18)29-17-19-8-4-3-5-9-19/h3-15,23H,2,16-17H2,1H3. The van der Waals surface area contributed by atoms with Crippen LogP contribution in [0.1, 0.15) is 18.1 Å². The molecule has 1 heterocycles. The maximum atomic E-state index is 12.5. The molecule has 3 aromatic carbocycles. The van der Waals surface area contributed by atoms with Crippen molar-refractivity contribution in [1.29, 1.82) is 0 Å². The maximum absolute atomic E-state index is 12.5. The highest BCUT2D eigenvalue weighted by atomic mass is 16.6. The van der Waals surface area contributed by atoms with Crippen molar-refractivity contribution in [3.63, 3.8) is 0 Å². The van der Waals surface area contributed by atoms with Crippen molar-refractivity contribution >= 4 is 17.1 Å². The lowest BCUT2D eigenvalue weighted by molar-refractivity contribution is -0.152. The van der Waals surface area contributed by atoms with Crippen LogP contribution in [0, 0.1) is 0 Å². The van der Waals surface area contributed by atoms with Gasteiger partial charge < -0.3 is 18.6 Å². The summed E-state index contributed by atoms with van der Waals surface area (Å²) in [7, 11) is 0. The van der Waals surface area contributed by atoms with Gasteiger partial charge in [0.2, 0.25) is 6.10 Å². The summed E-state index contributed by atoms with van der Waals surface area (Å²) < 4.78 is 22.4. The zero-order chi connectivity index (χ0) is 21.5. The van der Waals surface area contributed by atoms with E-state index < -0.39 is 12.1 Å². The van der Waals surface area contributed by atoms with Crippen LogP contribution in [0.15, 0.2) is 83.3 Å². The zero-order valence-corrected chi connectivity index (χ0v) is 17.2. The molecule has 4 rings (SSSR count). The minimum Gasteiger partial charge on any atom is -0.489 e. The predicted molar refractivity (Wildman–Crippen MR) is 116 cm³/mol. The van der Waals surface area contributed by atoms with Crippen molar-refractivity contribution in [3.8, 4) is 11.8 Å². The largest absolute Gasteiger partial charge is 0.489 e. The number of para-hydroxylation sites is 2. The Kier molecular flexibility index (Phi) is 6.47. The highest BCUT2D eigenvalue weighted by Gasteiger charge is 2.25. The van der Waals surface area contributed by atoms with Gasteiger partial charge in [-0.1, -0.05) is 54.6 Å². The molecule has 0 fully saturated rings. The lowest BCUT2D eigenvalue weighted by Gasteiger charge is -2.15. The van der Waals surface area contributed by atoms with Gasteiger partial charge in [-0.05, 0) is 42.3 Å². The molecule has 6 nitrogen and oxygen atoms in total. The second-order valence-electron chi connectivity index (χ2n) is 6.93. The first-order valence-corrected chi connectivity index (χ1v) is 10.2. The van der Waals surface area contributed by atoms with E-state index in [1.807, 2.05) is 72.8 Å². The van der Waals surface area contributed by atoms with Crippen molar-refractivity contribution in [2.75, 3.05) is 6.61 Å². The average Bonchev–Trinajstić information content (AvgIpc) is 3.21. The van der Waals surface area contributed by atoms with Gasteiger partial charge in [0.05, 0.1) is 6.61 Å². The number of hydrogen-bond donors (Lipinski definition) is 0. The quantitative estimate of drug-likeness (QED) is 0.359. The summed E-state index contributed by atoms with van der Waals surface area (Å²) in [4.78, 5) is 16.7. The molecular formula is C25H23NO5. The van der Waals surface area contributed by atoms with E-state index in [0.29, 0.717) is 24.1 Å². The smallest absolute Gasteiger partial charge is 0.395 e. The molecule has 0 saturated carbocycles. The van der Waals surface area contributed by atoms with Gasteiger partial charge in [0, 0.05) is 6.42 Å². The number of esters is 1. The monoisotopic (exact) mass is 417 g/mol. The van der Waals surface area contributed by atoms with Crippen LogP contribution in [0.5, 0.6) is 11.8 Å². The van der Waals surface area contributed by atoms with E-state index in [2.05, 4.69) is 4.98 Å². The molecule has 6 heteroatoms. The van der Waals surface area contributed by atoms with E-state index in [1.165, 1.54) is 0 Å². The Morgan fingerprint density at radius 3 is 2.42 bits per heavy atom. The lowest BCUT2D eigenvalue weighted by Crippen LogP contribution is -2.31. The fourth-order valence-corrected chi connectivity index (χ4v) is 3.11. The fourth-order valence-electron chi connectivity index (χ4n) is 3.11. The minimum atomic E-state index is -0.871. The fraction of sp³-hybridized carbons (Fsp3) is 0.200. The van der Waals surface area contributed by atoms with Crippen molar-refractivity contribution in [2.45, 2.75) is 26.1 Å². The highest BCUT2D eigenvalue weighted by molar-refractivity contribution is 5.76. The SMILES string of the molecule is CCOC(=O)C(Cc1ccc(OCc2ccccc2)cc1)Oc1nc2ccccc2o1. The predicted octanol–water partition coefficient (Wildman–Crippen LogP) is 4.96. The molecule has 0 spiro atoms. The second-order valence-corrected chi connectivity index (χ2v) is 6.93. The van der Waals surface area contributed by atoms with E-state index in [-0.39, 0.29) is 12.7 Å². The van der Waals surface area contributed by atoms with Crippen LogP contribution < -0.4 is 9.47 Å². The van der Waals surface area contributed by atoms with Gasteiger partial charge in [-0.15, -0.1) is 0 Å². The minimum absolute atomic E-state index is 0.0436. The van der Waals surface area contributed by atoms with Crippen LogP contribution in [0.4, 0.5) is 0 Å². The molecule has 158 valence electrons. The number of aromatic nitrogens is 1. The Morgan fingerprint density at radius 1 is 0.935 bits per heavy atom. The van der Waals surface area contributed by atoms with Gasteiger partial charge in [-0.3, -0.25) is 0 Å². The molecule has 0 amide bonds. The number of rotatable bonds is 9. The van der Waals surface area contributed by atoms with E-state index in [0.717, 1.165) is 16.9 Å². The number of carbonyl (C=O) groups excluding carboxylic acids is 1. The van der Waals surface area contributed by atoms with Crippen LogP contribution in [0.3, 0.4) is 0 Å². The Labute approximate surface area is 180 Å². The number of carbonyl (C=O) groups is 1. The van der Waals surface area contributed by atoms with Crippen molar-refractivity contribution < 1.29 is 23.4 Å². The summed E-state index contributed by atoms with van der Waals surface area (Å²) in [6.45, 7) is 2.51. The van der Waals surface area contributed by atoms with E-state index >= 15 is 0 Å². The molecule has 0 radical (unpaired) electrons. The molecule has 31 heavy (non-hydrogen) atoms. The van der Waals surface area contributed by atoms with Gasteiger partial charge in [0.25, 0.3) is 0 Å². The maximum Gasteiger partial charge on any atom is 0.395 e. The molecule has 4 aromatic rings. The molecular weight excluding hydrogens is 394 g/mol. The number of hydrogen-bond acceptors (Lipinski definition) is 6. The van der Waals surface area contributed by atoms with Crippen LogP contribution in [-0.4, -0.2) is 23.7 Å². The molecule has 0 saturated heterocycles. The molecule has 0 aliphatic carbocycles. The van der Waals surface area contributed by atoms with Gasteiger partial charge in [-0.2, -0.15) is 4.98 Å². The summed E-state index contributed by atoms with van der Waals surface area (Å²) >= 11 is 0. The molecule has 0 aliphatic heterocycles. The molecule has 1 atom stereocenters. The van der Waals surface area contributed by atoms with Crippen molar-refractivity contribution in [1.82, 2.24) is 4.98 Å². The Balaban J connectivity index is 1.43. The number of ether oxygens (including phenoxy) is 3. The Bertz CT molecular complexity index is 1090. The van der Waals surface area contributed by atoms with Crippen LogP contribution in [0.25, 0.3) is 11.1 Å². The average molecular weight is 417 g/mol. The third-order valence-corrected chi connectivity index (χ3v) is 4.66. The van der Waals surface area contributed by atoms with Crippen molar-refractivity contribution in [2.24, 2.45) is 0 Å². The van der Waals surface area contributed by atoms with Gasteiger partial charge in [-0.25, -0.2) is 4.79 Å². The van der Waals surface area contributed by atoms with Crippen LogP contribution in [-0.2, 0) is 22.6 Å². The number of fused-ring (bicyclic) bond motifs is 1. The molecule has 1 aromatic heterocycles. The van der Waals surface area contributed by atoms with E-state index in [9.17, 15) is 4.79 Å². The van der Waals surface area contributed by atoms with E-state index in [4.69, 9.17) is 18.6 Å². The number of oxazole rings is 1. The normalized spacial score (nSPS) is 11.8. The summed E-state index contributed by atoms with van der Waals surface area (Å²) in [6, 6.07) is 24.8. The Morgan fingerprint density at radius 2 is 1.68 bits per heavy atom. The molecule has 0 N–H and O–H groups in total. The summed E-state index contributed by atoms with van der Waals surface area (Å²) in [6.07, 6.45) is -0.512. The second kappa shape index (κ2) is 9.80.